The molecule has 3 aromatic rings. The molecule has 0 saturated heterocycles. The molecular weight excluding hydrogens is 376 g/mol. The number of aryl methyl sites for hydroxylation is 2. The Labute approximate surface area is 168 Å². The SMILES string of the molecule is Cc1cc2oc(C(=O)NCC(c3ccccc3Cl)N(C)C)cc(=O)c2cc1C. The highest BCUT2D eigenvalue weighted by atomic mass is 35.5. The summed E-state index contributed by atoms with van der Waals surface area (Å²) in [5.74, 6) is -0.437. The molecule has 2 aromatic carbocycles. The predicted molar refractivity (Wildman–Crippen MR) is 112 cm³/mol. The molecule has 1 amide bonds. The molecule has 3 rings (SSSR count). The third-order valence-electron chi connectivity index (χ3n) is 4.91. The lowest BCUT2D eigenvalue weighted by Crippen LogP contribution is -2.35. The Bertz CT molecular complexity index is 1090. The molecular formula is C22H23ClN2O3. The van der Waals surface area contributed by atoms with Gasteiger partial charge in [-0.3, -0.25) is 9.59 Å². The molecule has 6 heteroatoms. The average molecular weight is 399 g/mol. The van der Waals surface area contributed by atoms with Gasteiger partial charge in [-0.2, -0.15) is 0 Å². The van der Waals surface area contributed by atoms with E-state index in [1.165, 1.54) is 6.07 Å². The van der Waals surface area contributed by atoms with Gasteiger partial charge in [0.05, 0.1) is 11.4 Å². The summed E-state index contributed by atoms with van der Waals surface area (Å²) < 4.78 is 5.71. The van der Waals surface area contributed by atoms with Gasteiger partial charge in [-0.1, -0.05) is 29.8 Å². The molecule has 1 heterocycles. The normalized spacial score (nSPS) is 12.4. The lowest BCUT2D eigenvalue weighted by Gasteiger charge is -2.25. The Kier molecular flexibility index (Phi) is 5.87. The zero-order valence-electron chi connectivity index (χ0n) is 16.4. The van der Waals surface area contributed by atoms with E-state index in [9.17, 15) is 9.59 Å². The summed E-state index contributed by atoms with van der Waals surface area (Å²) >= 11 is 6.31. The van der Waals surface area contributed by atoms with Crippen LogP contribution >= 0.6 is 11.6 Å². The summed E-state index contributed by atoms with van der Waals surface area (Å²) in [6.07, 6.45) is 0. The van der Waals surface area contributed by atoms with Crippen molar-refractivity contribution in [1.29, 1.82) is 0 Å². The summed E-state index contributed by atoms with van der Waals surface area (Å²) in [6, 6.07) is 12.2. The molecule has 1 unspecified atom stereocenters. The van der Waals surface area contributed by atoms with E-state index in [2.05, 4.69) is 5.32 Å². The minimum atomic E-state index is -0.434. The number of fused-ring (bicyclic) bond motifs is 1. The Morgan fingerprint density at radius 2 is 1.82 bits per heavy atom. The molecule has 1 N–H and O–H groups in total. The number of amides is 1. The highest BCUT2D eigenvalue weighted by Crippen LogP contribution is 2.25. The number of carbonyl (C=O) groups excluding carboxylic acids is 1. The molecule has 146 valence electrons. The second kappa shape index (κ2) is 8.17. The van der Waals surface area contributed by atoms with Crippen molar-refractivity contribution in [3.63, 3.8) is 0 Å². The van der Waals surface area contributed by atoms with Gasteiger partial charge >= 0.3 is 0 Å². The van der Waals surface area contributed by atoms with Gasteiger partial charge in [0.25, 0.3) is 5.91 Å². The van der Waals surface area contributed by atoms with Crippen LogP contribution in [0.4, 0.5) is 0 Å². The number of rotatable bonds is 5. The highest BCUT2D eigenvalue weighted by Gasteiger charge is 2.20. The first-order valence-corrected chi connectivity index (χ1v) is 9.40. The summed E-state index contributed by atoms with van der Waals surface area (Å²) in [6.45, 7) is 4.20. The smallest absolute Gasteiger partial charge is 0.287 e. The first-order valence-electron chi connectivity index (χ1n) is 9.02. The van der Waals surface area contributed by atoms with Crippen LogP contribution < -0.4 is 10.7 Å². The largest absolute Gasteiger partial charge is 0.451 e. The number of nitrogens with one attached hydrogen (secondary N) is 1. The lowest BCUT2D eigenvalue weighted by atomic mass is 10.1. The summed E-state index contributed by atoms with van der Waals surface area (Å²) in [7, 11) is 3.84. The lowest BCUT2D eigenvalue weighted by molar-refractivity contribution is 0.0914. The zero-order chi connectivity index (χ0) is 20.4. The predicted octanol–water partition coefficient (Wildman–Crippen LogP) is 4.10. The second-order valence-corrected chi connectivity index (χ2v) is 7.53. The molecule has 0 spiro atoms. The number of hydrogen-bond donors (Lipinski definition) is 1. The number of nitrogens with zero attached hydrogens (tertiary/aromatic N) is 1. The summed E-state index contributed by atoms with van der Waals surface area (Å²) in [5.41, 5.74) is 3.10. The van der Waals surface area contributed by atoms with Gasteiger partial charge < -0.3 is 14.6 Å². The fraction of sp³-hybridized carbons (Fsp3) is 0.273. The van der Waals surface area contributed by atoms with Gasteiger partial charge in [0.15, 0.2) is 11.2 Å². The Morgan fingerprint density at radius 3 is 2.50 bits per heavy atom. The molecule has 0 bridgehead atoms. The van der Waals surface area contributed by atoms with Crippen molar-refractivity contribution in [2.24, 2.45) is 0 Å². The number of halogens is 1. The van der Waals surface area contributed by atoms with Crippen LogP contribution in [0.5, 0.6) is 0 Å². The molecule has 1 atom stereocenters. The number of hydrogen-bond acceptors (Lipinski definition) is 4. The average Bonchev–Trinajstić information content (AvgIpc) is 2.64. The number of carbonyl (C=O) groups is 1. The Balaban J connectivity index is 1.85. The second-order valence-electron chi connectivity index (χ2n) is 7.12. The third-order valence-corrected chi connectivity index (χ3v) is 5.26. The van der Waals surface area contributed by atoms with Gasteiger partial charge in [0.2, 0.25) is 0 Å². The standard InChI is InChI=1S/C22H23ClN2O3/c1-13-9-16-19(26)11-21(28-20(16)10-14(13)2)22(27)24-12-18(25(3)4)15-7-5-6-8-17(15)23/h5-11,18H,12H2,1-4H3,(H,24,27). The van der Waals surface area contributed by atoms with Crippen molar-refractivity contribution in [2.45, 2.75) is 19.9 Å². The molecule has 0 aliphatic rings. The number of benzene rings is 2. The van der Waals surface area contributed by atoms with Crippen LogP contribution in [0.2, 0.25) is 5.02 Å². The van der Waals surface area contributed by atoms with Crippen molar-refractivity contribution in [2.75, 3.05) is 20.6 Å². The molecule has 28 heavy (non-hydrogen) atoms. The van der Waals surface area contributed by atoms with Crippen LogP contribution in [0.1, 0.15) is 33.3 Å². The van der Waals surface area contributed by atoms with E-state index in [1.807, 2.05) is 57.1 Å². The van der Waals surface area contributed by atoms with E-state index in [0.717, 1.165) is 16.7 Å². The maximum Gasteiger partial charge on any atom is 0.287 e. The minimum absolute atomic E-state index is 0.00239. The highest BCUT2D eigenvalue weighted by molar-refractivity contribution is 6.31. The summed E-state index contributed by atoms with van der Waals surface area (Å²) in [4.78, 5) is 27.0. The van der Waals surface area contributed by atoms with Crippen molar-refractivity contribution >= 4 is 28.5 Å². The van der Waals surface area contributed by atoms with E-state index in [4.69, 9.17) is 16.0 Å². The molecule has 0 radical (unpaired) electrons. The van der Waals surface area contributed by atoms with Gasteiger partial charge in [-0.05, 0) is 62.8 Å². The maximum absolute atomic E-state index is 12.6. The van der Waals surface area contributed by atoms with Gasteiger partial charge in [0.1, 0.15) is 5.58 Å². The molecule has 5 nitrogen and oxygen atoms in total. The van der Waals surface area contributed by atoms with E-state index >= 15 is 0 Å². The third kappa shape index (κ3) is 4.11. The fourth-order valence-corrected chi connectivity index (χ4v) is 3.38. The van der Waals surface area contributed by atoms with E-state index in [-0.39, 0.29) is 17.2 Å². The van der Waals surface area contributed by atoms with Crippen LogP contribution in [-0.2, 0) is 0 Å². The first-order chi connectivity index (χ1) is 13.3. The zero-order valence-corrected chi connectivity index (χ0v) is 17.1. The maximum atomic E-state index is 12.6. The van der Waals surface area contributed by atoms with Crippen molar-refractivity contribution in [3.05, 3.63) is 80.2 Å². The van der Waals surface area contributed by atoms with E-state index in [1.54, 1.807) is 12.1 Å². The first kappa shape index (κ1) is 20.1. The van der Waals surface area contributed by atoms with Crippen LogP contribution in [-0.4, -0.2) is 31.4 Å². The molecule has 0 aliphatic heterocycles. The van der Waals surface area contributed by atoms with Crippen molar-refractivity contribution < 1.29 is 9.21 Å². The molecule has 1 aromatic heterocycles. The van der Waals surface area contributed by atoms with Crippen LogP contribution in [0.3, 0.4) is 0 Å². The molecule has 0 fully saturated rings. The molecule has 0 aliphatic carbocycles. The van der Waals surface area contributed by atoms with Crippen molar-refractivity contribution in [3.8, 4) is 0 Å². The topological polar surface area (TPSA) is 62.6 Å². The number of likely N-dealkylation sites (N-methyl/N-ethyl adjacent to an activating group) is 1. The fourth-order valence-electron chi connectivity index (χ4n) is 3.12. The van der Waals surface area contributed by atoms with E-state index in [0.29, 0.717) is 22.5 Å². The Morgan fingerprint density at radius 1 is 1.14 bits per heavy atom. The van der Waals surface area contributed by atoms with E-state index < -0.39 is 5.91 Å². The Hall–Kier alpha value is -2.63. The van der Waals surface area contributed by atoms with Gasteiger partial charge in [-0.25, -0.2) is 0 Å². The van der Waals surface area contributed by atoms with Gasteiger partial charge in [0, 0.05) is 17.6 Å². The summed E-state index contributed by atoms with van der Waals surface area (Å²) in [5, 5.41) is 3.96. The van der Waals surface area contributed by atoms with Crippen LogP contribution in [0.25, 0.3) is 11.0 Å². The van der Waals surface area contributed by atoms with Crippen LogP contribution in [0.15, 0.2) is 51.7 Å². The van der Waals surface area contributed by atoms with Crippen LogP contribution in [0, 0.1) is 13.8 Å². The monoisotopic (exact) mass is 398 g/mol. The quantitative estimate of drug-likeness (QED) is 0.703. The van der Waals surface area contributed by atoms with Crippen molar-refractivity contribution in [1.82, 2.24) is 10.2 Å². The minimum Gasteiger partial charge on any atom is -0.451 e. The molecule has 0 saturated carbocycles. The van der Waals surface area contributed by atoms with Gasteiger partial charge in [-0.15, -0.1) is 0 Å².